The van der Waals surface area contributed by atoms with Gasteiger partial charge in [0.25, 0.3) is 0 Å². The zero-order chi connectivity index (χ0) is 14.2. The number of aromatic nitrogens is 1. The van der Waals surface area contributed by atoms with Gasteiger partial charge in [-0.05, 0) is 25.0 Å². The van der Waals surface area contributed by atoms with Gasteiger partial charge in [-0.3, -0.25) is 0 Å². The summed E-state index contributed by atoms with van der Waals surface area (Å²) in [7, 11) is 0. The highest BCUT2D eigenvalue weighted by Gasteiger charge is 2.06. The van der Waals surface area contributed by atoms with Gasteiger partial charge in [-0.2, -0.15) is 0 Å². The standard InChI is InChI=1S/C17H24N2O/c1-3-5-6-7-15(4-2)18-16-10-8-14(9-11-16)17-12-13-20-19-17/h8-13,15,18H,3-7H2,1-2H3. The Labute approximate surface area is 121 Å². The van der Waals surface area contributed by atoms with Crippen LogP contribution in [0.25, 0.3) is 11.3 Å². The molecule has 20 heavy (non-hydrogen) atoms. The van der Waals surface area contributed by atoms with Gasteiger partial charge in [0.05, 0.1) is 0 Å². The van der Waals surface area contributed by atoms with E-state index < -0.39 is 0 Å². The van der Waals surface area contributed by atoms with Gasteiger partial charge in [0.15, 0.2) is 0 Å². The molecule has 0 aliphatic carbocycles. The first-order valence-corrected chi connectivity index (χ1v) is 7.60. The highest BCUT2D eigenvalue weighted by Crippen LogP contribution is 2.21. The minimum atomic E-state index is 0.569. The van der Waals surface area contributed by atoms with Crippen LogP contribution in [0.3, 0.4) is 0 Å². The second-order valence-corrected chi connectivity index (χ2v) is 5.21. The molecule has 2 aromatic rings. The number of hydrogen-bond acceptors (Lipinski definition) is 3. The summed E-state index contributed by atoms with van der Waals surface area (Å²) in [6.07, 6.45) is 7.91. The van der Waals surface area contributed by atoms with Crippen LogP contribution >= 0.6 is 0 Å². The average molecular weight is 272 g/mol. The van der Waals surface area contributed by atoms with E-state index in [0.717, 1.165) is 17.7 Å². The Morgan fingerprint density at radius 1 is 1.10 bits per heavy atom. The van der Waals surface area contributed by atoms with Gasteiger partial charge in [-0.25, -0.2) is 0 Å². The van der Waals surface area contributed by atoms with Crippen molar-refractivity contribution in [3.63, 3.8) is 0 Å². The minimum absolute atomic E-state index is 0.569. The smallest absolute Gasteiger partial charge is 0.124 e. The van der Waals surface area contributed by atoms with Crippen molar-refractivity contribution >= 4 is 5.69 Å². The monoisotopic (exact) mass is 272 g/mol. The molecule has 0 spiro atoms. The second kappa shape index (κ2) is 7.73. The molecule has 0 bridgehead atoms. The minimum Gasteiger partial charge on any atom is -0.382 e. The summed E-state index contributed by atoms with van der Waals surface area (Å²) in [5.41, 5.74) is 3.15. The predicted molar refractivity (Wildman–Crippen MR) is 83.8 cm³/mol. The Hall–Kier alpha value is -1.77. The lowest BCUT2D eigenvalue weighted by Crippen LogP contribution is -2.18. The number of hydrogen-bond donors (Lipinski definition) is 1. The van der Waals surface area contributed by atoms with E-state index in [1.165, 1.54) is 31.4 Å². The van der Waals surface area contributed by atoms with Crippen LogP contribution in [0.4, 0.5) is 5.69 Å². The fourth-order valence-electron chi connectivity index (χ4n) is 2.35. The molecule has 1 atom stereocenters. The van der Waals surface area contributed by atoms with Gasteiger partial charge < -0.3 is 9.84 Å². The third kappa shape index (κ3) is 4.12. The molecule has 1 aromatic carbocycles. The fraction of sp³-hybridized carbons (Fsp3) is 0.471. The van der Waals surface area contributed by atoms with Gasteiger partial charge in [-0.1, -0.05) is 50.4 Å². The number of anilines is 1. The summed E-state index contributed by atoms with van der Waals surface area (Å²) in [5.74, 6) is 0. The highest BCUT2D eigenvalue weighted by molar-refractivity contribution is 5.62. The molecule has 3 nitrogen and oxygen atoms in total. The van der Waals surface area contributed by atoms with Crippen molar-refractivity contribution in [2.75, 3.05) is 5.32 Å². The number of unbranched alkanes of at least 4 members (excludes halogenated alkanes) is 2. The summed E-state index contributed by atoms with van der Waals surface area (Å²) in [6, 6.07) is 10.8. The van der Waals surface area contributed by atoms with E-state index >= 15 is 0 Å². The van der Waals surface area contributed by atoms with E-state index in [-0.39, 0.29) is 0 Å². The molecule has 0 saturated heterocycles. The van der Waals surface area contributed by atoms with Gasteiger partial charge in [0, 0.05) is 23.4 Å². The van der Waals surface area contributed by atoms with E-state index in [4.69, 9.17) is 4.52 Å². The largest absolute Gasteiger partial charge is 0.382 e. The maximum atomic E-state index is 4.87. The first-order valence-electron chi connectivity index (χ1n) is 7.60. The Balaban J connectivity index is 1.92. The number of benzene rings is 1. The van der Waals surface area contributed by atoms with Gasteiger partial charge in [0.1, 0.15) is 12.0 Å². The van der Waals surface area contributed by atoms with E-state index in [1.54, 1.807) is 6.26 Å². The number of rotatable bonds is 8. The molecule has 3 heteroatoms. The number of nitrogens with one attached hydrogen (secondary N) is 1. The van der Waals surface area contributed by atoms with Gasteiger partial charge in [0.2, 0.25) is 0 Å². The Bertz CT molecular complexity index is 476. The maximum absolute atomic E-state index is 4.87. The van der Waals surface area contributed by atoms with Crippen LogP contribution in [0.15, 0.2) is 41.1 Å². The van der Waals surface area contributed by atoms with Crippen molar-refractivity contribution in [1.29, 1.82) is 0 Å². The summed E-state index contributed by atoms with van der Waals surface area (Å²) >= 11 is 0. The van der Waals surface area contributed by atoms with Gasteiger partial charge in [-0.15, -0.1) is 0 Å². The molecule has 0 radical (unpaired) electrons. The van der Waals surface area contributed by atoms with E-state index in [9.17, 15) is 0 Å². The molecule has 0 aliphatic rings. The SMILES string of the molecule is CCCCCC(CC)Nc1ccc(-c2ccon2)cc1. The van der Waals surface area contributed by atoms with Crippen molar-refractivity contribution in [3.8, 4) is 11.3 Å². The third-order valence-electron chi connectivity index (χ3n) is 3.64. The molecule has 108 valence electrons. The van der Waals surface area contributed by atoms with E-state index in [1.807, 2.05) is 6.07 Å². The van der Waals surface area contributed by atoms with Crippen LogP contribution in [-0.4, -0.2) is 11.2 Å². The summed E-state index contributed by atoms with van der Waals surface area (Å²) in [4.78, 5) is 0. The van der Waals surface area contributed by atoms with Crippen LogP contribution in [0, 0.1) is 0 Å². The molecular formula is C17H24N2O. The molecule has 1 unspecified atom stereocenters. The van der Waals surface area contributed by atoms with Crippen molar-refractivity contribution in [3.05, 3.63) is 36.6 Å². The predicted octanol–water partition coefficient (Wildman–Crippen LogP) is 5.11. The molecule has 0 aliphatic heterocycles. The van der Waals surface area contributed by atoms with Crippen molar-refractivity contribution in [2.45, 2.75) is 52.0 Å². The average Bonchev–Trinajstić information content (AvgIpc) is 3.01. The summed E-state index contributed by atoms with van der Waals surface area (Å²) in [6.45, 7) is 4.49. The first-order chi connectivity index (χ1) is 9.83. The van der Waals surface area contributed by atoms with Crippen molar-refractivity contribution in [1.82, 2.24) is 5.16 Å². The molecule has 2 rings (SSSR count). The topological polar surface area (TPSA) is 38.1 Å². The van der Waals surface area contributed by atoms with E-state index in [0.29, 0.717) is 6.04 Å². The normalized spacial score (nSPS) is 12.3. The molecule has 1 aromatic heterocycles. The molecule has 0 amide bonds. The Kier molecular flexibility index (Phi) is 5.66. The molecule has 1 heterocycles. The zero-order valence-corrected chi connectivity index (χ0v) is 12.4. The quantitative estimate of drug-likeness (QED) is 0.678. The molecule has 1 N–H and O–H groups in total. The first kappa shape index (κ1) is 14.6. The lowest BCUT2D eigenvalue weighted by atomic mass is 10.1. The summed E-state index contributed by atoms with van der Waals surface area (Å²) < 4.78 is 4.87. The fourth-order valence-corrected chi connectivity index (χ4v) is 2.35. The zero-order valence-electron chi connectivity index (χ0n) is 12.4. The van der Waals surface area contributed by atoms with Crippen LogP contribution in [-0.2, 0) is 0 Å². The molecule has 0 saturated carbocycles. The van der Waals surface area contributed by atoms with Crippen LogP contribution in [0.1, 0.15) is 46.0 Å². The Morgan fingerprint density at radius 3 is 2.50 bits per heavy atom. The Morgan fingerprint density at radius 2 is 1.90 bits per heavy atom. The van der Waals surface area contributed by atoms with Crippen molar-refractivity contribution in [2.24, 2.45) is 0 Å². The van der Waals surface area contributed by atoms with Crippen LogP contribution < -0.4 is 5.32 Å². The highest BCUT2D eigenvalue weighted by atomic mass is 16.5. The lowest BCUT2D eigenvalue weighted by Gasteiger charge is -2.18. The van der Waals surface area contributed by atoms with Crippen LogP contribution in [0.5, 0.6) is 0 Å². The molecular weight excluding hydrogens is 248 g/mol. The van der Waals surface area contributed by atoms with E-state index in [2.05, 4.69) is 48.6 Å². The maximum Gasteiger partial charge on any atom is 0.124 e. The number of nitrogens with zero attached hydrogens (tertiary/aromatic N) is 1. The van der Waals surface area contributed by atoms with Gasteiger partial charge >= 0.3 is 0 Å². The second-order valence-electron chi connectivity index (χ2n) is 5.21. The third-order valence-corrected chi connectivity index (χ3v) is 3.64. The molecule has 0 fully saturated rings. The summed E-state index contributed by atoms with van der Waals surface area (Å²) in [5, 5.41) is 7.56. The lowest BCUT2D eigenvalue weighted by molar-refractivity contribution is 0.422. The van der Waals surface area contributed by atoms with Crippen molar-refractivity contribution < 1.29 is 4.52 Å². The van der Waals surface area contributed by atoms with Crippen LogP contribution in [0.2, 0.25) is 0 Å².